The van der Waals surface area contributed by atoms with Crippen LogP contribution in [0.25, 0.3) is 10.8 Å². The molecular weight excluding hydrogens is 302 g/mol. The molecule has 0 saturated heterocycles. The Morgan fingerprint density at radius 2 is 2.00 bits per heavy atom. The number of furan rings is 1. The van der Waals surface area contributed by atoms with Crippen molar-refractivity contribution in [2.24, 2.45) is 5.92 Å². The van der Waals surface area contributed by atoms with Crippen molar-refractivity contribution in [1.29, 1.82) is 0 Å². The number of fused-ring (bicyclic) bond motifs is 1. The predicted molar refractivity (Wildman–Crippen MR) is 91.5 cm³/mol. The van der Waals surface area contributed by atoms with E-state index in [1.807, 2.05) is 12.1 Å². The third kappa shape index (κ3) is 2.81. The molecule has 1 saturated carbocycles. The number of benzene rings is 2. The zero-order valence-electron chi connectivity index (χ0n) is 13.2. The summed E-state index contributed by atoms with van der Waals surface area (Å²) in [4.78, 5) is 12.5. The first kappa shape index (κ1) is 15.0. The van der Waals surface area contributed by atoms with Gasteiger partial charge in [-0.1, -0.05) is 42.5 Å². The van der Waals surface area contributed by atoms with Gasteiger partial charge in [-0.3, -0.25) is 4.79 Å². The third-order valence-corrected chi connectivity index (χ3v) is 4.71. The fourth-order valence-corrected chi connectivity index (χ4v) is 3.27. The summed E-state index contributed by atoms with van der Waals surface area (Å²) < 4.78 is 5.27. The van der Waals surface area contributed by atoms with Crippen molar-refractivity contribution in [2.45, 2.75) is 18.4 Å². The van der Waals surface area contributed by atoms with E-state index >= 15 is 0 Å². The quantitative estimate of drug-likeness (QED) is 0.757. The van der Waals surface area contributed by atoms with Crippen LogP contribution in [0, 0.1) is 5.92 Å². The first-order chi connectivity index (χ1) is 11.8. The number of hydrogen-bond acceptors (Lipinski definition) is 3. The highest BCUT2D eigenvalue weighted by atomic mass is 16.3. The van der Waals surface area contributed by atoms with Gasteiger partial charge in [0.1, 0.15) is 11.8 Å². The van der Waals surface area contributed by atoms with Crippen LogP contribution < -0.4 is 5.32 Å². The van der Waals surface area contributed by atoms with Gasteiger partial charge in [0.25, 0.3) is 0 Å². The molecule has 24 heavy (non-hydrogen) atoms. The Hall–Kier alpha value is -2.59. The number of amides is 1. The fraction of sp³-hybridized carbons (Fsp3) is 0.250. The molecular formula is C20H19NO3. The van der Waals surface area contributed by atoms with Crippen molar-refractivity contribution in [3.8, 4) is 0 Å². The summed E-state index contributed by atoms with van der Waals surface area (Å²) in [6, 6.07) is 17.6. The topological polar surface area (TPSA) is 62.5 Å². The Morgan fingerprint density at radius 3 is 2.75 bits per heavy atom. The minimum absolute atomic E-state index is 0.0244. The van der Waals surface area contributed by atoms with Crippen molar-refractivity contribution < 1.29 is 14.3 Å². The molecule has 122 valence electrons. The molecule has 1 amide bonds. The van der Waals surface area contributed by atoms with Crippen LogP contribution in [-0.2, 0) is 4.79 Å². The van der Waals surface area contributed by atoms with E-state index in [4.69, 9.17) is 4.42 Å². The zero-order valence-corrected chi connectivity index (χ0v) is 13.2. The molecule has 4 rings (SSSR count). The lowest BCUT2D eigenvalue weighted by atomic mass is 10.0. The van der Waals surface area contributed by atoms with Gasteiger partial charge in [-0.2, -0.15) is 0 Å². The van der Waals surface area contributed by atoms with Crippen LogP contribution >= 0.6 is 0 Å². The second kappa shape index (κ2) is 6.13. The number of nitrogens with one attached hydrogen (secondary N) is 1. The number of aliphatic hydroxyl groups is 1. The maximum Gasteiger partial charge on any atom is 0.224 e. The van der Waals surface area contributed by atoms with Gasteiger partial charge < -0.3 is 14.8 Å². The summed E-state index contributed by atoms with van der Waals surface area (Å²) in [6.07, 6.45) is 2.39. The molecule has 0 bridgehead atoms. The van der Waals surface area contributed by atoms with E-state index in [-0.39, 0.29) is 24.3 Å². The summed E-state index contributed by atoms with van der Waals surface area (Å²) in [5.74, 6) is 0.776. The number of carbonyl (C=O) groups excluding carboxylic acids is 1. The molecule has 3 unspecified atom stereocenters. The second-order valence-corrected chi connectivity index (χ2v) is 6.31. The lowest BCUT2D eigenvalue weighted by Gasteiger charge is -2.14. The van der Waals surface area contributed by atoms with Crippen LogP contribution in [0.4, 0.5) is 0 Å². The number of aliphatic hydroxyl groups excluding tert-OH is 1. The number of rotatable bonds is 5. The molecule has 0 radical (unpaired) electrons. The Bertz CT molecular complexity index is 856. The Kier molecular flexibility index (Phi) is 3.82. The monoisotopic (exact) mass is 321 g/mol. The molecule has 1 aromatic heterocycles. The third-order valence-electron chi connectivity index (χ3n) is 4.71. The molecule has 1 aliphatic carbocycles. The van der Waals surface area contributed by atoms with Gasteiger partial charge in [-0.25, -0.2) is 0 Å². The molecule has 1 aliphatic rings. The van der Waals surface area contributed by atoms with Gasteiger partial charge in [0.05, 0.1) is 12.9 Å². The van der Waals surface area contributed by atoms with Gasteiger partial charge in [-0.05, 0) is 40.8 Å². The van der Waals surface area contributed by atoms with E-state index < -0.39 is 6.04 Å². The largest absolute Gasteiger partial charge is 0.467 e. The van der Waals surface area contributed by atoms with E-state index in [1.54, 1.807) is 18.4 Å². The van der Waals surface area contributed by atoms with Gasteiger partial charge in [0.2, 0.25) is 5.91 Å². The molecule has 3 atom stereocenters. The maximum absolute atomic E-state index is 12.5. The standard InChI is InChI=1S/C20H19NO3/c22-12-18(19-6-3-9-24-19)21-20(23)17-11-16(17)15-8-7-13-4-1-2-5-14(13)10-15/h1-10,16-18,22H,11-12H2,(H,21,23). The highest BCUT2D eigenvalue weighted by molar-refractivity contribution is 5.86. The highest BCUT2D eigenvalue weighted by Gasteiger charge is 2.44. The van der Waals surface area contributed by atoms with Crippen LogP contribution in [0.1, 0.15) is 29.7 Å². The van der Waals surface area contributed by atoms with Crippen molar-refractivity contribution >= 4 is 16.7 Å². The molecule has 1 heterocycles. The van der Waals surface area contributed by atoms with Crippen molar-refractivity contribution in [3.63, 3.8) is 0 Å². The van der Waals surface area contributed by atoms with Gasteiger partial charge >= 0.3 is 0 Å². The van der Waals surface area contributed by atoms with Gasteiger partial charge in [0, 0.05) is 5.92 Å². The molecule has 4 heteroatoms. The van der Waals surface area contributed by atoms with Crippen molar-refractivity contribution in [3.05, 3.63) is 72.2 Å². The fourth-order valence-electron chi connectivity index (χ4n) is 3.27. The first-order valence-electron chi connectivity index (χ1n) is 8.19. The average molecular weight is 321 g/mol. The Balaban J connectivity index is 1.45. The van der Waals surface area contributed by atoms with Crippen LogP contribution in [0.5, 0.6) is 0 Å². The summed E-state index contributed by atoms with van der Waals surface area (Å²) in [5.41, 5.74) is 1.20. The lowest BCUT2D eigenvalue weighted by Crippen LogP contribution is -2.32. The normalized spacial score (nSPS) is 20.7. The minimum Gasteiger partial charge on any atom is -0.467 e. The van der Waals surface area contributed by atoms with Crippen LogP contribution in [0.3, 0.4) is 0 Å². The highest BCUT2D eigenvalue weighted by Crippen LogP contribution is 2.48. The summed E-state index contributed by atoms with van der Waals surface area (Å²) in [5, 5.41) is 14.8. The lowest BCUT2D eigenvalue weighted by molar-refractivity contribution is -0.123. The first-order valence-corrected chi connectivity index (χ1v) is 8.19. The van der Waals surface area contributed by atoms with E-state index in [0.29, 0.717) is 5.76 Å². The van der Waals surface area contributed by atoms with E-state index in [1.165, 1.54) is 16.3 Å². The van der Waals surface area contributed by atoms with Crippen LogP contribution in [0.15, 0.2) is 65.3 Å². The smallest absolute Gasteiger partial charge is 0.224 e. The summed E-state index contributed by atoms with van der Waals surface area (Å²) in [7, 11) is 0. The van der Waals surface area contributed by atoms with E-state index in [0.717, 1.165) is 6.42 Å². The van der Waals surface area contributed by atoms with Gasteiger partial charge in [-0.15, -0.1) is 0 Å². The van der Waals surface area contributed by atoms with Crippen LogP contribution in [-0.4, -0.2) is 17.6 Å². The molecule has 0 spiro atoms. The van der Waals surface area contributed by atoms with Gasteiger partial charge in [0.15, 0.2) is 0 Å². The zero-order chi connectivity index (χ0) is 16.5. The van der Waals surface area contributed by atoms with E-state index in [9.17, 15) is 9.90 Å². The number of hydrogen-bond donors (Lipinski definition) is 2. The molecule has 1 fully saturated rings. The molecule has 4 nitrogen and oxygen atoms in total. The minimum atomic E-state index is -0.481. The SMILES string of the molecule is O=C(NC(CO)c1ccco1)C1CC1c1ccc2ccccc2c1. The average Bonchev–Trinajstić information content (AvgIpc) is 3.25. The van der Waals surface area contributed by atoms with Crippen LogP contribution in [0.2, 0.25) is 0 Å². The summed E-state index contributed by atoms with van der Waals surface area (Å²) in [6.45, 7) is -0.174. The van der Waals surface area contributed by atoms with E-state index in [2.05, 4.69) is 35.6 Å². The molecule has 2 aromatic carbocycles. The molecule has 3 aromatic rings. The molecule has 2 N–H and O–H groups in total. The molecule has 0 aliphatic heterocycles. The van der Waals surface area contributed by atoms with Crippen molar-refractivity contribution in [2.75, 3.05) is 6.61 Å². The van der Waals surface area contributed by atoms with Crippen molar-refractivity contribution in [1.82, 2.24) is 5.32 Å². The summed E-state index contributed by atoms with van der Waals surface area (Å²) >= 11 is 0. The number of carbonyl (C=O) groups is 1. The second-order valence-electron chi connectivity index (χ2n) is 6.31. The maximum atomic E-state index is 12.5. The Labute approximate surface area is 140 Å². The Morgan fingerprint density at radius 1 is 1.17 bits per heavy atom. The predicted octanol–water partition coefficient (Wildman–Crippen LogP) is 3.39.